The molecule has 0 N–H and O–H groups in total. The molecule has 0 bridgehead atoms. The number of aliphatic imine (C=N–C) groups is 1. The molecule has 0 aromatic heterocycles. The molecule has 0 radical (unpaired) electrons. The van der Waals surface area contributed by atoms with Crippen molar-refractivity contribution in [1.29, 1.82) is 0 Å². The Kier molecular flexibility index (Phi) is 4.96. The van der Waals surface area contributed by atoms with Crippen molar-refractivity contribution < 1.29 is 9.47 Å². The number of nitrogens with zero attached hydrogens (tertiary/aromatic N) is 1. The Bertz CT molecular complexity index is 514. The van der Waals surface area contributed by atoms with Crippen molar-refractivity contribution in [2.75, 3.05) is 20.3 Å². The minimum Gasteiger partial charge on any atom is -0.494 e. The van der Waals surface area contributed by atoms with Crippen molar-refractivity contribution in [2.24, 2.45) is 4.99 Å². The van der Waals surface area contributed by atoms with Crippen LogP contribution in [0.3, 0.4) is 0 Å². The number of methoxy groups -OCH3 is 1. The molecule has 1 aliphatic heterocycles. The zero-order valence-electron chi connectivity index (χ0n) is 12.6. The van der Waals surface area contributed by atoms with Gasteiger partial charge in [0.15, 0.2) is 0 Å². The van der Waals surface area contributed by atoms with Crippen molar-refractivity contribution in [3.8, 4) is 5.75 Å². The monoisotopic (exact) mass is 273 g/mol. The van der Waals surface area contributed by atoms with Crippen molar-refractivity contribution in [3.63, 3.8) is 0 Å². The van der Waals surface area contributed by atoms with Gasteiger partial charge in [0.1, 0.15) is 11.4 Å². The smallest absolute Gasteiger partial charge is 0.144 e. The van der Waals surface area contributed by atoms with E-state index in [4.69, 9.17) is 9.47 Å². The van der Waals surface area contributed by atoms with Crippen molar-refractivity contribution in [2.45, 2.75) is 32.6 Å². The van der Waals surface area contributed by atoms with E-state index in [0.717, 1.165) is 43.2 Å². The summed E-state index contributed by atoms with van der Waals surface area (Å²) in [4.78, 5) is 4.65. The fourth-order valence-electron chi connectivity index (χ4n) is 2.67. The van der Waals surface area contributed by atoms with Gasteiger partial charge in [0.05, 0.1) is 7.11 Å². The second kappa shape index (κ2) is 6.71. The molecule has 1 fully saturated rings. The minimum atomic E-state index is 0.563. The summed E-state index contributed by atoms with van der Waals surface area (Å²) in [5, 5.41) is 0. The molecule has 1 heterocycles. The molecule has 1 aromatic rings. The summed E-state index contributed by atoms with van der Waals surface area (Å²) in [6.07, 6.45) is 3.92. The van der Waals surface area contributed by atoms with Gasteiger partial charge in [-0.1, -0.05) is 12.6 Å². The summed E-state index contributed by atoms with van der Waals surface area (Å²) < 4.78 is 10.9. The van der Waals surface area contributed by atoms with Crippen LogP contribution in [0.5, 0.6) is 5.75 Å². The van der Waals surface area contributed by atoms with E-state index in [2.05, 4.69) is 24.6 Å². The fourth-order valence-corrected chi connectivity index (χ4v) is 2.67. The highest BCUT2D eigenvalue weighted by Gasteiger charge is 2.20. The van der Waals surface area contributed by atoms with Gasteiger partial charge in [0.2, 0.25) is 0 Å². The van der Waals surface area contributed by atoms with E-state index in [1.807, 2.05) is 13.0 Å². The normalized spacial score (nSPS) is 17.1. The first kappa shape index (κ1) is 14.8. The highest BCUT2D eigenvalue weighted by Crippen LogP contribution is 2.39. The third kappa shape index (κ3) is 3.10. The predicted molar refractivity (Wildman–Crippen MR) is 83.5 cm³/mol. The molecule has 1 saturated heterocycles. The number of hydrogen-bond acceptors (Lipinski definition) is 3. The maximum Gasteiger partial charge on any atom is 0.144 e. The van der Waals surface area contributed by atoms with E-state index in [9.17, 15) is 0 Å². The summed E-state index contributed by atoms with van der Waals surface area (Å²) in [5.41, 5.74) is 4.39. The third-order valence-corrected chi connectivity index (χ3v) is 3.90. The molecule has 3 heteroatoms. The highest BCUT2D eigenvalue weighted by atomic mass is 16.5. The highest BCUT2D eigenvalue weighted by molar-refractivity contribution is 5.95. The van der Waals surface area contributed by atoms with Gasteiger partial charge < -0.3 is 9.47 Å². The largest absolute Gasteiger partial charge is 0.494 e. The second-order valence-electron chi connectivity index (χ2n) is 5.17. The van der Waals surface area contributed by atoms with Crippen LogP contribution >= 0.6 is 0 Å². The van der Waals surface area contributed by atoms with E-state index in [1.165, 1.54) is 11.1 Å². The van der Waals surface area contributed by atoms with E-state index in [0.29, 0.717) is 5.92 Å². The van der Waals surface area contributed by atoms with Gasteiger partial charge in [-0.05, 0) is 55.9 Å². The summed E-state index contributed by atoms with van der Waals surface area (Å²) in [6, 6.07) is 4.19. The number of ether oxygens (including phenoxy) is 2. The molecule has 0 spiro atoms. The molecule has 1 aromatic carbocycles. The van der Waals surface area contributed by atoms with Gasteiger partial charge in [-0.15, -0.1) is 0 Å². The maximum atomic E-state index is 5.45. The van der Waals surface area contributed by atoms with Gasteiger partial charge in [0.25, 0.3) is 0 Å². The number of benzene rings is 1. The number of allylic oxidation sites excluding steroid dienone is 1. The van der Waals surface area contributed by atoms with Gasteiger partial charge in [-0.25, -0.2) is 4.99 Å². The summed E-state index contributed by atoms with van der Waals surface area (Å²) >= 11 is 0. The Morgan fingerprint density at radius 3 is 2.70 bits per heavy atom. The molecule has 1 aliphatic rings. The molecule has 20 heavy (non-hydrogen) atoms. The first-order valence-electron chi connectivity index (χ1n) is 7.10. The van der Waals surface area contributed by atoms with Crippen LogP contribution in [0.15, 0.2) is 29.8 Å². The lowest BCUT2D eigenvalue weighted by Crippen LogP contribution is -2.15. The second-order valence-corrected chi connectivity index (χ2v) is 5.17. The van der Waals surface area contributed by atoms with E-state index in [1.54, 1.807) is 13.2 Å². The van der Waals surface area contributed by atoms with Gasteiger partial charge in [-0.2, -0.15) is 0 Å². The quantitative estimate of drug-likeness (QED) is 0.771. The standard InChI is InChI=1S/C17H23NO2/c1-5-12(2)18-17-13(3)15(6-7-16(17)19-4)14-8-10-20-11-9-14/h5-7,14H,1,8-11H2,2-4H3/b18-12-. The average molecular weight is 273 g/mol. The lowest BCUT2D eigenvalue weighted by Gasteiger charge is -2.25. The van der Waals surface area contributed by atoms with Crippen LogP contribution in [0.4, 0.5) is 5.69 Å². The topological polar surface area (TPSA) is 30.8 Å². The predicted octanol–water partition coefficient (Wildman–Crippen LogP) is 4.18. The van der Waals surface area contributed by atoms with Crippen LogP contribution in [0.2, 0.25) is 0 Å². The zero-order valence-corrected chi connectivity index (χ0v) is 12.6. The molecule has 0 atom stereocenters. The van der Waals surface area contributed by atoms with Crippen molar-refractivity contribution in [3.05, 3.63) is 35.9 Å². The molecule has 0 amide bonds. The van der Waals surface area contributed by atoms with Crippen molar-refractivity contribution >= 4 is 11.4 Å². The summed E-state index contributed by atoms with van der Waals surface area (Å²) in [5.74, 6) is 1.38. The Morgan fingerprint density at radius 2 is 2.10 bits per heavy atom. The Labute approximate surface area is 121 Å². The van der Waals surface area contributed by atoms with Crippen LogP contribution in [0, 0.1) is 6.92 Å². The number of hydrogen-bond donors (Lipinski definition) is 0. The fraction of sp³-hybridized carbons (Fsp3) is 0.471. The van der Waals surface area contributed by atoms with E-state index >= 15 is 0 Å². The molecule has 0 saturated carbocycles. The molecular weight excluding hydrogens is 250 g/mol. The van der Waals surface area contributed by atoms with Crippen LogP contribution < -0.4 is 4.74 Å². The average Bonchev–Trinajstić information content (AvgIpc) is 2.49. The lowest BCUT2D eigenvalue weighted by molar-refractivity contribution is 0.0852. The summed E-state index contributed by atoms with van der Waals surface area (Å²) in [6.45, 7) is 9.54. The minimum absolute atomic E-state index is 0.563. The number of rotatable bonds is 4. The Balaban J connectivity index is 2.45. The third-order valence-electron chi connectivity index (χ3n) is 3.90. The molecule has 3 nitrogen and oxygen atoms in total. The first-order chi connectivity index (χ1) is 9.67. The van der Waals surface area contributed by atoms with E-state index in [-0.39, 0.29) is 0 Å². The van der Waals surface area contributed by atoms with Crippen LogP contribution in [-0.4, -0.2) is 26.0 Å². The first-order valence-corrected chi connectivity index (χ1v) is 7.10. The molecule has 108 valence electrons. The van der Waals surface area contributed by atoms with E-state index < -0.39 is 0 Å². The van der Waals surface area contributed by atoms with Crippen LogP contribution in [0.1, 0.15) is 36.8 Å². The molecule has 0 unspecified atom stereocenters. The molecule has 0 aliphatic carbocycles. The zero-order chi connectivity index (χ0) is 14.5. The SMILES string of the molecule is C=C/C(C)=N\c1c(OC)ccc(C2CCOCC2)c1C. The van der Waals surface area contributed by atoms with Gasteiger partial charge >= 0.3 is 0 Å². The Hall–Kier alpha value is -1.61. The molecular formula is C17H23NO2. The lowest BCUT2D eigenvalue weighted by atomic mass is 9.88. The Morgan fingerprint density at radius 1 is 1.40 bits per heavy atom. The van der Waals surface area contributed by atoms with Crippen molar-refractivity contribution in [1.82, 2.24) is 0 Å². The van der Waals surface area contributed by atoms with Crippen LogP contribution in [-0.2, 0) is 4.74 Å². The maximum absolute atomic E-state index is 5.45. The van der Waals surface area contributed by atoms with Crippen LogP contribution in [0.25, 0.3) is 0 Å². The summed E-state index contributed by atoms with van der Waals surface area (Å²) in [7, 11) is 1.69. The molecule has 2 rings (SSSR count). The van der Waals surface area contributed by atoms with Gasteiger partial charge in [-0.3, -0.25) is 0 Å². The van der Waals surface area contributed by atoms with Gasteiger partial charge in [0, 0.05) is 18.9 Å².